The Morgan fingerprint density at radius 2 is 2.19 bits per heavy atom. The molecule has 0 aromatic heterocycles. The van der Waals surface area contributed by atoms with E-state index in [1.54, 1.807) is 0 Å². The molecule has 1 saturated heterocycles. The molecule has 0 unspecified atom stereocenters. The fourth-order valence-electron chi connectivity index (χ4n) is 1.65. The van der Waals surface area contributed by atoms with Crippen molar-refractivity contribution in [3.63, 3.8) is 0 Å². The molecule has 3 N–H and O–H groups in total. The van der Waals surface area contributed by atoms with E-state index in [0.29, 0.717) is 12.3 Å². The van der Waals surface area contributed by atoms with Crippen LogP contribution in [0, 0.1) is 0 Å². The maximum Gasteiger partial charge on any atom is 0.407 e. The summed E-state index contributed by atoms with van der Waals surface area (Å²) < 4.78 is 6.55. The Morgan fingerprint density at radius 3 is 2.88 bits per heavy atom. The van der Waals surface area contributed by atoms with Gasteiger partial charge in [-0.2, -0.15) is 0 Å². The second-order valence-electron chi connectivity index (χ2n) is 3.51. The Labute approximate surface area is 110 Å². The van der Waals surface area contributed by atoms with Gasteiger partial charge >= 0.3 is 6.09 Å². The zero-order valence-electron chi connectivity index (χ0n) is 8.30. The molecule has 1 fully saturated rings. The number of benzene rings is 1. The van der Waals surface area contributed by atoms with E-state index in [-0.39, 0.29) is 6.04 Å². The number of rotatable bonds is 1. The third-order valence-corrected chi connectivity index (χ3v) is 3.55. The minimum atomic E-state index is -0.397. The van der Waals surface area contributed by atoms with Crippen LogP contribution < -0.4 is 11.1 Å². The van der Waals surface area contributed by atoms with Crippen molar-refractivity contribution in [1.82, 2.24) is 5.32 Å². The Bertz CT molecular complexity index is 437. The lowest BCUT2D eigenvalue weighted by Crippen LogP contribution is -2.35. The summed E-state index contributed by atoms with van der Waals surface area (Å²) in [6.45, 7) is 0.417. The Morgan fingerprint density at radius 1 is 1.44 bits per heavy atom. The number of carbonyl (C=O) groups is 1. The lowest BCUT2D eigenvalue weighted by atomic mass is 10.0. The van der Waals surface area contributed by atoms with E-state index in [2.05, 4.69) is 37.2 Å². The van der Waals surface area contributed by atoms with Crippen LogP contribution in [0.15, 0.2) is 21.1 Å². The molecule has 1 aromatic rings. The molecule has 1 aromatic carbocycles. The smallest absolute Gasteiger partial charge is 0.407 e. The molecule has 0 radical (unpaired) electrons. The number of hydrogen-bond donors (Lipinski definition) is 2. The number of halogens is 2. The first-order valence-corrected chi connectivity index (χ1v) is 6.34. The number of amides is 1. The molecule has 1 atom stereocenters. The number of carbonyl (C=O) groups excluding carboxylic acids is 1. The van der Waals surface area contributed by atoms with Crippen molar-refractivity contribution in [2.24, 2.45) is 0 Å². The highest BCUT2D eigenvalue weighted by Crippen LogP contribution is 2.34. The van der Waals surface area contributed by atoms with Gasteiger partial charge in [0.2, 0.25) is 0 Å². The number of nitrogens with two attached hydrogens (primary N) is 1. The minimum absolute atomic E-state index is 0.0879. The van der Waals surface area contributed by atoms with E-state index < -0.39 is 6.09 Å². The van der Waals surface area contributed by atoms with Gasteiger partial charge in [-0.05, 0) is 33.6 Å². The standard InChI is InChI=1S/C10H10Br2N2O2/c11-5-3-6(9(13)7(12)4-5)8-1-2-16-10(15)14-8/h3-4,8H,1-2,13H2,(H,14,15)/t8-/m0/s1. The number of nitrogens with one attached hydrogen (secondary N) is 1. The predicted molar refractivity (Wildman–Crippen MR) is 68.1 cm³/mol. The summed E-state index contributed by atoms with van der Waals surface area (Å²) in [7, 11) is 0. The molecule has 1 aliphatic heterocycles. The summed E-state index contributed by atoms with van der Waals surface area (Å²) in [6, 6.07) is 3.70. The first-order valence-electron chi connectivity index (χ1n) is 4.75. The average molecular weight is 350 g/mol. The van der Waals surface area contributed by atoms with Gasteiger partial charge in [-0.3, -0.25) is 0 Å². The molecule has 86 valence electrons. The number of alkyl carbamates (subject to hydrolysis) is 1. The molecule has 0 spiro atoms. The summed E-state index contributed by atoms with van der Waals surface area (Å²) in [4.78, 5) is 11.1. The quantitative estimate of drug-likeness (QED) is 0.766. The monoisotopic (exact) mass is 348 g/mol. The number of ether oxygens (including phenoxy) is 1. The third-order valence-electron chi connectivity index (χ3n) is 2.43. The van der Waals surface area contributed by atoms with E-state index in [1.807, 2.05) is 12.1 Å². The zero-order chi connectivity index (χ0) is 11.7. The molecule has 0 saturated carbocycles. The van der Waals surface area contributed by atoms with Crippen molar-refractivity contribution in [3.05, 3.63) is 26.6 Å². The predicted octanol–water partition coefficient (Wildman–Crippen LogP) is 2.96. The van der Waals surface area contributed by atoms with Crippen LogP contribution >= 0.6 is 31.9 Å². The van der Waals surface area contributed by atoms with Crippen molar-refractivity contribution < 1.29 is 9.53 Å². The zero-order valence-corrected chi connectivity index (χ0v) is 11.5. The van der Waals surface area contributed by atoms with Gasteiger partial charge in [0, 0.05) is 15.4 Å². The van der Waals surface area contributed by atoms with Crippen LogP contribution in [0.4, 0.5) is 10.5 Å². The van der Waals surface area contributed by atoms with Crippen LogP contribution in [0.25, 0.3) is 0 Å². The molecule has 1 amide bonds. The SMILES string of the molecule is Nc1c(Br)cc(Br)cc1[C@@H]1CCOC(=O)N1. The van der Waals surface area contributed by atoms with E-state index in [4.69, 9.17) is 10.5 Å². The molecule has 4 nitrogen and oxygen atoms in total. The van der Waals surface area contributed by atoms with Crippen LogP contribution in [-0.2, 0) is 4.74 Å². The maximum atomic E-state index is 11.1. The van der Waals surface area contributed by atoms with E-state index in [0.717, 1.165) is 20.9 Å². The Kier molecular flexibility index (Phi) is 3.39. The van der Waals surface area contributed by atoms with Gasteiger partial charge in [-0.1, -0.05) is 15.9 Å². The first kappa shape index (κ1) is 11.7. The van der Waals surface area contributed by atoms with Crippen LogP contribution in [0.1, 0.15) is 18.0 Å². The summed E-state index contributed by atoms with van der Waals surface area (Å²) in [5.74, 6) is 0. The van der Waals surface area contributed by atoms with Crippen molar-refractivity contribution >= 4 is 43.6 Å². The molecular formula is C10H10Br2N2O2. The molecule has 0 bridgehead atoms. The summed E-state index contributed by atoms with van der Waals surface area (Å²) in [6.07, 6.45) is 0.325. The highest BCUT2D eigenvalue weighted by molar-refractivity contribution is 9.11. The fourth-order valence-corrected chi connectivity index (χ4v) is 2.91. The summed E-state index contributed by atoms with van der Waals surface area (Å²) in [5.41, 5.74) is 7.52. The van der Waals surface area contributed by atoms with E-state index in [9.17, 15) is 4.79 Å². The van der Waals surface area contributed by atoms with Crippen molar-refractivity contribution in [3.8, 4) is 0 Å². The normalized spacial score (nSPS) is 20.1. The molecule has 16 heavy (non-hydrogen) atoms. The number of anilines is 1. The van der Waals surface area contributed by atoms with Gasteiger partial charge in [-0.15, -0.1) is 0 Å². The van der Waals surface area contributed by atoms with E-state index >= 15 is 0 Å². The van der Waals surface area contributed by atoms with Gasteiger partial charge in [-0.25, -0.2) is 4.79 Å². The minimum Gasteiger partial charge on any atom is -0.449 e. The topological polar surface area (TPSA) is 64.3 Å². The highest BCUT2D eigenvalue weighted by Gasteiger charge is 2.23. The van der Waals surface area contributed by atoms with Crippen molar-refractivity contribution in [2.75, 3.05) is 12.3 Å². The molecule has 0 aliphatic carbocycles. The Balaban J connectivity index is 2.35. The van der Waals surface area contributed by atoms with Crippen LogP contribution in [0.2, 0.25) is 0 Å². The lowest BCUT2D eigenvalue weighted by Gasteiger charge is -2.25. The molecule has 6 heteroatoms. The summed E-state index contributed by atoms with van der Waals surface area (Å²) in [5, 5.41) is 2.75. The highest BCUT2D eigenvalue weighted by atomic mass is 79.9. The number of nitrogen functional groups attached to an aromatic ring is 1. The van der Waals surface area contributed by atoms with Gasteiger partial charge < -0.3 is 15.8 Å². The van der Waals surface area contributed by atoms with E-state index in [1.165, 1.54) is 0 Å². The van der Waals surface area contributed by atoms with Crippen LogP contribution in [0.3, 0.4) is 0 Å². The lowest BCUT2D eigenvalue weighted by molar-refractivity contribution is 0.115. The Hall–Kier alpha value is -0.750. The summed E-state index contributed by atoms with van der Waals surface area (Å²) >= 11 is 6.78. The largest absolute Gasteiger partial charge is 0.449 e. The molecular weight excluding hydrogens is 340 g/mol. The number of cyclic esters (lactones) is 1. The second kappa shape index (κ2) is 4.63. The van der Waals surface area contributed by atoms with Gasteiger partial charge in [0.1, 0.15) is 0 Å². The van der Waals surface area contributed by atoms with Crippen LogP contribution in [-0.4, -0.2) is 12.7 Å². The third kappa shape index (κ3) is 2.32. The number of hydrogen-bond acceptors (Lipinski definition) is 3. The maximum absolute atomic E-state index is 11.1. The first-order chi connectivity index (χ1) is 7.58. The van der Waals surface area contributed by atoms with Gasteiger partial charge in [0.25, 0.3) is 0 Å². The van der Waals surface area contributed by atoms with Gasteiger partial charge in [0.15, 0.2) is 0 Å². The molecule has 1 aliphatic rings. The van der Waals surface area contributed by atoms with Gasteiger partial charge in [0.05, 0.1) is 18.3 Å². The average Bonchev–Trinajstić information content (AvgIpc) is 2.23. The second-order valence-corrected chi connectivity index (χ2v) is 5.28. The molecule has 2 rings (SSSR count). The van der Waals surface area contributed by atoms with Crippen LogP contribution in [0.5, 0.6) is 0 Å². The fraction of sp³-hybridized carbons (Fsp3) is 0.300. The molecule has 1 heterocycles. The van der Waals surface area contributed by atoms with Crippen molar-refractivity contribution in [1.29, 1.82) is 0 Å². The van der Waals surface area contributed by atoms with Crippen molar-refractivity contribution in [2.45, 2.75) is 12.5 Å².